The molecule has 0 unspecified atom stereocenters. The summed E-state index contributed by atoms with van der Waals surface area (Å²) in [6.45, 7) is 4.08. The summed E-state index contributed by atoms with van der Waals surface area (Å²) < 4.78 is 29.9. The second-order valence-electron chi connectivity index (χ2n) is 10.6. The maximum atomic E-state index is 14.0. The van der Waals surface area contributed by atoms with E-state index in [1.165, 1.54) is 30.3 Å². The van der Waals surface area contributed by atoms with E-state index in [0.717, 1.165) is 5.56 Å². The lowest BCUT2D eigenvalue weighted by Crippen LogP contribution is -2.22. The summed E-state index contributed by atoms with van der Waals surface area (Å²) in [5.41, 5.74) is 3.91. The van der Waals surface area contributed by atoms with Crippen molar-refractivity contribution in [1.29, 1.82) is 0 Å². The summed E-state index contributed by atoms with van der Waals surface area (Å²) in [7, 11) is 0. The van der Waals surface area contributed by atoms with Gasteiger partial charge in [-0.2, -0.15) is 0 Å². The van der Waals surface area contributed by atoms with Gasteiger partial charge in [0, 0.05) is 23.5 Å². The zero-order valence-electron chi connectivity index (χ0n) is 23.4. The van der Waals surface area contributed by atoms with Crippen LogP contribution in [0.1, 0.15) is 55.1 Å². The number of carboxylic acids is 1. The van der Waals surface area contributed by atoms with Crippen LogP contribution >= 0.6 is 0 Å². The first-order valence-electron chi connectivity index (χ1n) is 13.8. The summed E-state index contributed by atoms with van der Waals surface area (Å²) >= 11 is 0. The predicted octanol–water partition coefficient (Wildman–Crippen LogP) is 6.45. The highest BCUT2D eigenvalue weighted by molar-refractivity contribution is 6.12. The maximum Gasteiger partial charge on any atom is 0.305 e. The summed E-state index contributed by atoms with van der Waals surface area (Å²) in [5, 5.41) is 32.6. The molecule has 0 radical (unpaired) electrons. The van der Waals surface area contributed by atoms with Gasteiger partial charge in [-0.3, -0.25) is 9.59 Å². The molecule has 42 heavy (non-hydrogen) atoms. The van der Waals surface area contributed by atoms with Crippen molar-refractivity contribution in [3.63, 3.8) is 0 Å². The Morgan fingerprint density at radius 2 is 1.55 bits per heavy atom. The highest BCUT2D eigenvalue weighted by Gasteiger charge is 2.31. The van der Waals surface area contributed by atoms with Crippen molar-refractivity contribution >= 4 is 17.6 Å². The number of nitrogens with one attached hydrogen (secondary N) is 1. The van der Waals surface area contributed by atoms with Gasteiger partial charge >= 0.3 is 5.97 Å². The Morgan fingerprint density at radius 3 is 2.17 bits per heavy atom. The monoisotopic (exact) mass is 576 g/mol. The number of amides is 1. The predicted molar refractivity (Wildman–Crippen MR) is 157 cm³/mol. The maximum absolute atomic E-state index is 14.0. The Hall–Kier alpha value is -4.34. The molecule has 1 amide bonds. The van der Waals surface area contributed by atoms with Gasteiger partial charge in [-0.05, 0) is 72.4 Å². The number of aromatic nitrogens is 1. The van der Waals surface area contributed by atoms with Gasteiger partial charge in [-0.1, -0.05) is 50.2 Å². The third kappa shape index (κ3) is 7.29. The van der Waals surface area contributed by atoms with Crippen LogP contribution in [0.5, 0.6) is 0 Å². The van der Waals surface area contributed by atoms with E-state index >= 15 is 0 Å². The van der Waals surface area contributed by atoms with E-state index in [1.807, 2.05) is 48.7 Å². The number of benzene rings is 3. The molecule has 1 aromatic heterocycles. The van der Waals surface area contributed by atoms with Crippen LogP contribution in [-0.4, -0.2) is 44.0 Å². The number of aliphatic carboxylic acids is 1. The average molecular weight is 577 g/mol. The zero-order valence-corrected chi connectivity index (χ0v) is 23.4. The summed E-state index contributed by atoms with van der Waals surface area (Å²) in [6.07, 6.45) is -2.70. The number of nitrogens with zero attached hydrogens (tertiary/aromatic N) is 1. The van der Waals surface area contributed by atoms with Crippen LogP contribution in [-0.2, 0) is 11.3 Å². The van der Waals surface area contributed by atoms with E-state index < -0.39 is 42.1 Å². The summed E-state index contributed by atoms with van der Waals surface area (Å²) in [6, 6.07) is 20.8. The molecule has 0 spiro atoms. The Balaban J connectivity index is 1.90. The number of carbonyl (C=O) groups excluding carboxylic acids is 1. The summed E-state index contributed by atoms with van der Waals surface area (Å²) in [4.78, 5) is 25.0. The molecule has 4 aromatic rings. The molecule has 9 heteroatoms. The van der Waals surface area contributed by atoms with Crippen LogP contribution in [0.15, 0.2) is 78.9 Å². The first-order valence-corrected chi connectivity index (χ1v) is 13.8. The van der Waals surface area contributed by atoms with E-state index in [-0.39, 0.29) is 31.0 Å². The first kappa shape index (κ1) is 30.6. The Morgan fingerprint density at radius 1 is 0.857 bits per heavy atom. The Kier molecular flexibility index (Phi) is 9.88. The van der Waals surface area contributed by atoms with Gasteiger partial charge in [-0.15, -0.1) is 0 Å². The van der Waals surface area contributed by atoms with Gasteiger partial charge in [0.25, 0.3) is 5.91 Å². The molecule has 4 rings (SSSR count). The van der Waals surface area contributed by atoms with Crippen LogP contribution in [0.3, 0.4) is 0 Å². The number of aliphatic hydroxyl groups excluding tert-OH is 2. The normalized spacial score (nSPS) is 12.7. The van der Waals surface area contributed by atoms with Crippen molar-refractivity contribution in [2.45, 2.75) is 57.8 Å². The SMILES string of the molecule is CC(C)c1c(C(=O)Nc2cccc(F)c2)c(-c2ccccc2)c(-c2ccc(F)cc2)n1CC[C@@H](O)C[C@@H](O)CC(=O)O. The molecule has 0 saturated carbocycles. The smallest absolute Gasteiger partial charge is 0.305 e. The minimum Gasteiger partial charge on any atom is -0.481 e. The van der Waals surface area contributed by atoms with Crippen LogP contribution in [0.25, 0.3) is 22.4 Å². The third-order valence-electron chi connectivity index (χ3n) is 6.98. The van der Waals surface area contributed by atoms with Gasteiger partial charge in [0.1, 0.15) is 11.6 Å². The van der Waals surface area contributed by atoms with Crippen molar-refractivity contribution in [3.8, 4) is 22.4 Å². The molecule has 220 valence electrons. The number of carbonyl (C=O) groups is 2. The average Bonchev–Trinajstić information content (AvgIpc) is 3.28. The summed E-state index contributed by atoms with van der Waals surface area (Å²) in [5.74, 6) is -2.73. The van der Waals surface area contributed by atoms with Crippen molar-refractivity contribution in [2.24, 2.45) is 0 Å². The standard InChI is InChI=1S/C33H34F2N2O5/c1-20(2)31-30(33(42)36-25-10-6-9-24(35)17-25)29(21-7-4-3-5-8-21)32(22-11-13-23(34)14-12-22)37(31)16-15-26(38)18-27(39)19-28(40)41/h3-14,17,20,26-27,38-39H,15-16,18-19H2,1-2H3,(H,36,42)(H,40,41)/t26-,27-/m1/s1. The van der Waals surface area contributed by atoms with Crippen LogP contribution < -0.4 is 5.32 Å². The quantitative estimate of drug-likeness (QED) is 0.155. The largest absolute Gasteiger partial charge is 0.481 e. The van der Waals surface area contributed by atoms with Crippen LogP contribution in [0.4, 0.5) is 14.5 Å². The van der Waals surface area contributed by atoms with E-state index in [1.54, 1.807) is 18.2 Å². The number of halogens is 2. The molecule has 0 bridgehead atoms. The van der Waals surface area contributed by atoms with Gasteiger partial charge in [0.05, 0.1) is 29.9 Å². The van der Waals surface area contributed by atoms with Gasteiger partial charge < -0.3 is 25.2 Å². The van der Waals surface area contributed by atoms with Gasteiger partial charge in [0.2, 0.25) is 0 Å². The molecule has 7 nitrogen and oxygen atoms in total. The fourth-order valence-corrected chi connectivity index (χ4v) is 5.25. The molecule has 4 N–H and O–H groups in total. The molecular formula is C33H34F2N2O5. The highest BCUT2D eigenvalue weighted by Crippen LogP contribution is 2.42. The molecule has 2 atom stereocenters. The number of carboxylic acid groups (broad SMARTS) is 1. The number of hydrogen-bond acceptors (Lipinski definition) is 4. The van der Waals surface area contributed by atoms with Gasteiger partial charge in [0.15, 0.2) is 0 Å². The van der Waals surface area contributed by atoms with Crippen LogP contribution in [0, 0.1) is 11.6 Å². The number of aliphatic hydroxyl groups is 2. The fourth-order valence-electron chi connectivity index (χ4n) is 5.25. The molecule has 0 aliphatic carbocycles. The Labute approximate surface area is 243 Å². The molecule has 1 heterocycles. The van der Waals surface area contributed by atoms with Crippen molar-refractivity contribution in [2.75, 3.05) is 5.32 Å². The molecule has 3 aromatic carbocycles. The molecular weight excluding hydrogens is 542 g/mol. The van der Waals surface area contributed by atoms with Crippen LogP contribution in [0.2, 0.25) is 0 Å². The van der Waals surface area contributed by atoms with Crippen molar-refractivity contribution in [3.05, 3.63) is 102 Å². The zero-order chi connectivity index (χ0) is 30.4. The lowest BCUT2D eigenvalue weighted by molar-refractivity contribution is -0.139. The minimum absolute atomic E-state index is 0.130. The molecule has 0 fully saturated rings. The second kappa shape index (κ2) is 13.5. The number of rotatable bonds is 12. The molecule has 0 aliphatic heterocycles. The first-order chi connectivity index (χ1) is 20.0. The minimum atomic E-state index is -1.21. The Bertz CT molecular complexity index is 1530. The molecule has 0 aliphatic rings. The van der Waals surface area contributed by atoms with E-state index in [4.69, 9.17) is 5.11 Å². The van der Waals surface area contributed by atoms with Crippen molar-refractivity contribution < 1.29 is 33.7 Å². The fraction of sp³-hybridized carbons (Fsp3) is 0.273. The van der Waals surface area contributed by atoms with Gasteiger partial charge in [-0.25, -0.2) is 8.78 Å². The lowest BCUT2D eigenvalue weighted by Gasteiger charge is -2.20. The van der Waals surface area contributed by atoms with E-state index in [2.05, 4.69) is 5.32 Å². The lowest BCUT2D eigenvalue weighted by atomic mass is 9.94. The number of hydrogen-bond donors (Lipinski definition) is 4. The topological polar surface area (TPSA) is 112 Å². The number of anilines is 1. The molecule has 0 saturated heterocycles. The second-order valence-corrected chi connectivity index (χ2v) is 10.6. The van der Waals surface area contributed by atoms with Crippen molar-refractivity contribution in [1.82, 2.24) is 4.57 Å². The third-order valence-corrected chi connectivity index (χ3v) is 6.98. The highest BCUT2D eigenvalue weighted by atomic mass is 19.1. The van der Waals surface area contributed by atoms with E-state index in [0.29, 0.717) is 28.1 Å². The van der Waals surface area contributed by atoms with E-state index in [9.17, 15) is 28.6 Å².